The van der Waals surface area contributed by atoms with Gasteiger partial charge in [-0.2, -0.15) is 0 Å². The molecule has 2 rings (SSSR count). The predicted octanol–water partition coefficient (Wildman–Crippen LogP) is 2.33. The van der Waals surface area contributed by atoms with Gasteiger partial charge in [0.05, 0.1) is 5.54 Å². The van der Waals surface area contributed by atoms with Gasteiger partial charge in [-0.25, -0.2) is 0 Å². The predicted molar refractivity (Wildman–Crippen MR) is 72.2 cm³/mol. The molecule has 0 atom stereocenters. The molecule has 3 nitrogen and oxygen atoms in total. The molecule has 1 aliphatic carbocycles. The first-order valence-corrected chi connectivity index (χ1v) is 6.51. The second-order valence-corrected chi connectivity index (χ2v) is 6.36. The number of nitrogens with two attached hydrogens (primary N) is 1. The van der Waals surface area contributed by atoms with Crippen molar-refractivity contribution in [1.29, 1.82) is 0 Å². The average Bonchev–Trinajstić information content (AvgIpc) is 2.59. The Morgan fingerprint density at radius 2 is 1.71 bits per heavy atom. The second kappa shape index (κ2) is 5.15. The van der Waals surface area contributed by atoms with Crippen LogP contribution >= 0.6 is 12.4 Å². The number of hydrogen-bond donors (Lipinski definition) is 1. The van der Waals surface area contributed by atoms with E-state index in [4.69, 9.17) is 5.73 Å². The van der Waals surface area contributed by atoms with Crippen molar-refractivity contribution in [1.82, 2.24) is 4.90 Å². The quantitative estimate of drug-likeness (QED) is 0.787. The SMILES string of the molecule is CC1(C)CCN(C(=O)C2(N)CCCCC2)C1.Cl. The number of carbonyl (C=O) groups excluding carboxylic acids is 1. The number of hydrogen-bond acceptors (Lipinski definition) is 2. The van der Waals surface area contributed by atoms with E-state index in [9.17, 15) is 4.79 Å². The summed E-state index contributed by atoms with van der Waals surface area (Å²) >= 11 is 0. The van der Waals surface area contributed by atoms with Crippen LogP contribution in [0.25, 0.3) is 0 Å². The molecule has 1 saturated heterocycles. The third-order valence-corrected chi connectivity index (χ3v) is 4.14. The van der Waals surface area contributed by atoms with Gasteiger partial charge in [0.2, 0.25) is 5.91 Å². The van der Waals surface area contributed by atoms with E-state index in [1.54, 1.807) is 0 Å². The summed E-state index contributed by atoms with van der Waals surface area (Å²) in [5, 5.41) is 0. The summed E-state index contributed by atoms with van der Waals surface area (Å²) in [5.74, 6) is 0.206. The van der Waals surface area contributed by atoms with Gasteiger partial charge in [0.25, 0.3) is 0 Å². The van der Waals surface area contributed by atoms with E-state index in [1.165, 1.54) is 6.42 Å². The lowest BCUT2D eigenvalue weighted by Crippen LogP contribution is -2.55. The molecule has 2 aliphatic rings. The van der Waals surface area contributed by atoms with E-state index in [2.05, 4.69) is 13.8 Å². The van der Waals surface area contributed by atoms with Crippen LogP contribution in [0.15, 0.2) is 0 Å². The minimum Gasteiger partial charge on any atom is -0.341 e. The first-order chi connectivity index (χ1) is 7.43. The Morgan fingerprint density at radius 1 is 1.12 bits per heavy atom. The molecule has 2 fully saturated rings. The molecule has 0 bridgehead atoms. The van der Waals surface area contributed by atoms with Crippen LogP contribution in [-0.2, 0) is 4.79 Å². The topological polar surface area (TPSA) is 46.3 Å². The molecule has 1 saturated carbocycles. The highest BCUT2D eigenvalue weighted by Crippen LogP contribution is 2.33. The number of nitrogens with zero attached hydrogens (tertiary/aromatic N) is 1. The summed E-state index contributed by atoms with van der Waals surface area (Å²) in [6.45, 7) is 6.23. The van der Waals surface area contributed by atoms with Crippen LogP contribution < -0.4 is 5.73 Å². The molecule has 0 unspecified atom stereocenters. The fourth-order valence-corrected chi connectivity index (χ4v) is 3.00. The lowest BCUT2D eigenvalue weighted by atomic mass is 9.81. The normalized spacial score (nSPS) is 26.4. The second-order valence-electron chi connectivity index (χ2n) is 6.36. The van der Waals surface area contributed by atoms with Crippen molar-refractivity contribution in [2.45, 2.75) is 57.9 Å². The van der Waals surface area contributed by atoms with Crippen LogP contribution in [0, 0.1) is 5.41 Å². The van der Waals surface area contributed by atoms with Gasteiger partial charge >= 0.3 is 0 Å². The zero-order valence-electron chi connectivity index (χ0n) is 11.0. The van der Waals surface area contributed by atoms with E-state index < -0.39 is 5.54 Å². The first-order valence-electron chi connectivity index (χ1n) is 6.51. The third kappa shape index (κ3) is 3.14. The minimum absolute atomic E-state index is 0. The highest BCUT2D eigenvalue weighted by Gasteiger charge is 2.42. The molecule has 0 aromatic heterocycles. The number of halogens is 1. The number of likely N-dealkylation sites (tertiary alicyclic amines) is 1. The molecular weight excluding hydrogens is 236 g/mol. The number of carbonyl (C=O) groups is 1. The maximum atomic E-state index is 12.4. The highest BCUT2D eigenvalue weighted by atomic mass is 35.5. The summed E-state index contributed by atoms with van der Waals surface area (Å²) in [6, 6.07) is 0. The summed E-state index contributed by atoms with van der Waals surface area (Å²) in [6.07, 6.45) is 6.32. The Morgan fingerprint density at radius 3 is 2.18 bits per heavy atom. The van der Waals surface area contributed by atoms with Gasteiger partial charge in [-0.05, 0) is 24.7 Å². The Hall–Kier alpha value is -0.280. The van der Waals surface area contributed by atoms with E-state index in [1.807, 2.05) is 4.90 Å². The fraction of sp³-hybridized carbons (Fsp3) is 0.923. The maximum absolute atomic E-state index is 12.4. The zero-order chi connectivity index (χ0) is 11.8. The van der Waals surface area contributed by atoms with E-state index in [0.717, 1.165) is 45.2 Å². The molecule has 1 heterocycles. The molecule has 2 N–H and O–H groups in total. The van der Waals surface area contributed by atoms with Crippen molar-refractivity contribution in [2.24, 2.45) is 11.1 Å². The van der Waals surface area contributed by atoms with Crippen molar-refractivity contribution in [3.05, 3.63) is 0 Å². The fourth-order valence-electron chi connectivity index (χ4n) is 3.00. The van der Waals surface area contributed by atoms with Gasteiger partial charge in [-0.15, -0.1) is 12.4 Å². The summed E-state index contributed by atoms with van der Waals surface area (Å²) in [4.78, 5) is 14.4. The van der Waals surface area contributed by atoms with E-state index in [-0.39, 0.29) is 23.7 Å². The van der Waals surface area contributed by atoms with E-state index >= 15 is 0 Å². The summed E-state index contributed by atoms with van der Waals surface area (Å²) in [7, 11) is 0. The van der Waals surface area contributed by atoms with Crippen molar-refractivity contribution in [2.75, 3.05) is 13.1 Å². The van der Waals surface area contributed by atoms with Crippen molar-refractivity contribution >= 4 is 18.3 Å². The van der Waals surface area contributed by atoms with Gasteiger partial charge in [-0.3, -0.25) is 4.79 Å². The van der Waals surface area contributed by atoms with Gasteiger partial charge in [-0.1, -0.05) is 33.1 Å². The smallest absolute Gasteiger partial charge is 0.242 e. The van der Waals surface area contributed by atoms with Crippen LogP contribution in [0.4, 0.5) is 0 Å². The Bertz CT molecular complexity index is 285. The van der Waals surface area contributed by atoms with Gasteiger partial charge < -0.3 is 10.6 Å². The molecule has 100 valence electrons. The van der Waals surface area contributed by atoms with Crippen LogP contribution in [0.2, 0.25) is 0 Å². The average molecular weight is 261 g/mol. The van der Waals surface area contributed by atoms with Gasteiger partial charge in [0.1, 0.15) is 0 Å². The summed E-state index contributed by atoms with van der Waals surface area (Å²) in [5.41, 5.74) is 6.02. The molecule has 0 aromatic rings. The van der Waals surface area contributed by atoms with Crippen molar-refractivity contribution in [3.63, 3.8) is 0 Å². The number of rotatable bonds is 1. The van der Waals surface area contributed by atoms with Crippen LogP contribution in [-0.4, -0.2) is 29.4 Å². The number of amides is 1. The van der Waals surface area contributed by atoms with Gasteiger partial charge in [0, 0.05) is 13.1 Å². The largest absolute Gasteiger partial charge is 0.341 e. The van der Waals surface area contributed by atoms with Crippen molar-refractivity contribution < 1.29 is 4.79 Å². The lowest BCUT2D eigenvalue weighted by molar-refractivity contribution is -0.137. The van der Waals surface area contributed by atoms with Crippen LogP contribution in [0.3, 0.4) is 0 Å². The molecule has 0 aromatic carbocycles. The van der Waals surface area contributed by atoms with Crippen LogP contribution in [0.1, 0.15) is 52.4 Å². The highest BCUT2D eigenvalue weighted by molar-refractivity contribution is 5.86. The molecule has 1 amide bonds. The standard InChI is InChI=1S/C13H24N2O.ClH/c1-12(2)8-9-15(10-12)11(16)13(14)6-4-3-5-7-13;/h3-10,14H2,1-2H3;1H. The monoisotopic (exact) mass is 260 g/mol. The molecule has 17 heavy (non-hydrogen) atoms. The maximum Gasteiger partial charge on any atom is 0.242 e. The Labute approximate surface area is 111 Å². The molecule has 0 spiro atoms. The Kier molecular flexibility index (Phi) is 4.48. The molecule has 0 radical (unpaired) electrons. The van der Waals surface area contributed by atoms with Gasteiger partial charge in [0.15, 0.2) is 0 Å². The third-order valence-electron chi connectivity index (χ3n) is 4.14. The zero-order valence-corrected chi connectivity index (χ0v) is 11.8. The molecule has 1 aliphatic heterocycles. The van der Waals surface area contributed by atoms with E-state index in [0.29, 0.717) is 0 Å². The molecule has 4 heteroatoms. The summed E-state index contributed by atoms with van der Waals surface area (Å²) < 4.78 is 0. The minimum atomic E-state index is -0.543. The van der Waals surface area contributed by atoms with Crippen LogP contribution in [0.5, 0.6) is 0 Å². The molecular formula is C13H25ClN2O. The lowest BCUT2D eigenvalue weighted by Gasteiger charge is -2.35. The first kappa shape index (κ1) is 14.8. The Balaban J connectivity index is 0.00000144. The van der Waals surface area contributed by atoms with Crippen molar-refractivity contribution in [3.8, 4) is 0 Å².